The molecule has 1 atom stereocenters. The van der Waals surface area contributed by atoms with Crippen molar-refractivity contribution < 1.29 is 14.3 Å². The maximum Gasteiger partial charge on any atom is 0.223 e. The molecule has 0 bridgehead atoms. The lowest BCUT2D eigenvalue weighted by Crippen LogP contribution is -2.36. The van der Waals surface area contributed by atoms with Gasteiger partial charge in [-0.1, -0.05) is 12.1 Å². The highest BCUT2D eigenvalue weighted by molar-refractivity contribution is 5.79. The average Bonchev–Trinajstić information content (AvgIpc) is 3.10. The summed E-state index contributed by atoms with van der Waals surface area (Å²) in [5, 5.41) is 12.0. The molecule has 1 saturated heterocycles. The van der Waals surface area contributed by atoms with Crippen LogP contribution in [0.25, 0.3) is 0 Å². The van der Waals surface area contributed by atoms with E-state index in [0.29, 0.717) is 19.8 Å². The molecule has 0 radical (unpaired) electrons. The summed E-state index contributed by atoms with van der Waals surface area (Å²) in [4.78, 5) is 15.1. The number of nitrogens with zero attached hydrogens (tertiary/aromatic N) is 4. The summed E-state index contributed by atoms with van der Waals surface area (Å²) in [5.74, 6) is 2.88. The highest BCUT2D eigenvalue weighted by atomic mass is 16.5. The van der Waals surface area contributed by atoms with E-state index < -0.39 is 0 Å². The Morgan fingerprint density at radius 3 is 2.71 bits per heavy atom. The first-order valence-electron chi connectivity index (χ1n) is 11.4. The number of amides is 1. The Bertz CT molecular complexity index is 861. The van der Waals surface area contributed by atoms with E-state index in [-0.39, 0.29) is 17.9 Å². The van der Waals surface area contributed by atoms with E-state index in [4.69, 9.17) is 9.47 Å². The standard InChI is InChI=1S/C23H33N5O3/c1-3-31-20-6-4-18(5-7-20)16-27-11-8-21-25-26-22(28(21)13-12-27)17(2)24-23(29)19-9-14-30-15-10-19/h4-7,17,19H,3,8-16H2,1-2H3,(H,24,29)/t17-/m0/s1. The zero-order chi connectivity index (χ0) is 21.6. The molecule has 3 heterocycles. The predicted molar refractivity (Wildman–Crippen MR) is 117 cm³/mol. The molecule has 2 aliphatic heterocycles. The second-order valence-corrected chi connectivity index (χ2v) is 8.35. The molecular weight excluding hydrogens is 394 g/mol. The predicted octanol–water partition coefficient (Wildman–Crippen LogP) is 2.34. The Balaban J connectivity index is 1.35. The number of benzene rings is 1. The molecule has 1 fully saturated rings. The van der Waals surface area contributed by atoms with Gasteiger partial charge in [0.25, 0.3) is 0 Å². The van der Waals surface area contributed by atoms with E-state index >= 15 is 0 Å². The molecule has 1 aromatic carbocycles. The van der Waals surface area contributed by atoms with Gasteiger partial charge in [0.05, 0.1) is 12.6 Å². The Kier molecular flexibility index (Phi) is 7.19. The van der Waals surface area contributed by atoms with Gasteiger partial charge in [0.1, 0.15) is 11.6 Å². The van der Waals surface area contributed by atoms with E-state index in [0.717, 1.165) is 62.8 Å². The minimum absolute atomic E-state index is 0.0346. The van der Waals surface area contributed by atoms with Crippen LogP contribution in [0, 0.1) is 5.92 Å². The second kappa shape index (κ2) is 10.2. The smallest absolute Gasteiger partial charge is 0.223 e. The van der Waals surface area contributed by atoms with Gasteiger partial charge in [-0.2, -0.15) is 0 Å². The molecule has 0 unspecified atom stereocenters. The topological polar surface area (TPSA) is 81.5 Å². The number of carbonyl (C=O) groups excluding carboxylic acids is 1. The van der Waals surface area contributed by atoms with Gasteiger partial charge in [0, 0.05) is 51.7 Å². The Morgan fingerprint density at radius 2 is 1.97 bits per heavy atom. The molecule has 1 aromatic heterocycles. The Morgan fingerprint density at radius 1 is 1.19 bits per heavy atom. The Labute approximate surface area is 183 Å². The molecule has 2 aliphatic rings. The van der Waals surface area contributed by atoms with Crippen molar-refractivity contribution in [1.82, 2.24) is 25.0 Å². The van der Waals surface area contributed by atoms with Gasteiger partial charge in [-0.25, -0.2) is 0 Å². The monoisotopic (exact) mass is 427 g/mol. The van der Waals surface area contributed by atoms with Crippen LogP contribution in [0.2, 0.25) is 0 Å². The minimum atomic E-state index is -0.158. The summed E-state index contributed by atoms with van der Waals surface area (Å²) in [7, 11) is 0. The SMILES string of the molecule is CCOc1ccc(CN2CCc3nnc([C@H](C)NC(=O)C4CCOCC4)n3CC2)cc1. The lowest BCUT2D eigenvalue weighted by Gasteiger charge is -2.23. The number of fused-ring (bicyclic) bond motifs is 1. The molecule has 168 valence electrons. The maximum absolute atomic E-state index is 12.6. The summed E-state index contributed by atoms with van der Waals surface area (Å²) in [5.41, 5.74) is 1.28. The van der Waals surface area contributed by atoms with Crippen LogP contribution < -0.4 is 10.1 Å². The first-order chi connectivity index (χ1) is 15.1. The summed E-state index contributed by atoms with van der Waals surface area (Å²) in [6.45, 7) is 9.59. The number of nitrogens with one attached hydrogen (secondary N) is 1. The molecular formula is C23H33N5O3. The van der Waals surface area contributed by atoms with Gasteiger partial charge < -0.3 is 19.4 Å². The third-order valence-corrected chi connectivity index (χ3v) is 6.13. The molecule has 31 heavy (non-hydrogen) atoms. The quantitative estimate of drug-likeness (QED) is 0.731. The van der Waals surface area contributed by atoms with Gasteiger partial charge in [-0.15, -0.1) is 10.2 Å². The van der Waals surface area contributed by atoms with Crippen LogP contribution in [0.4, 0.5) is 0 Å². The molecule has 1 amide bonds. The van der Waals surface area contributed by atoms with E-state index in [9.17, 15) is 4.79 Å². The molecule has 8 heteroatoms. The van der Waals surface area contributed by atoms with Crippen LogP contribution in [0.5, 0.6) is 5.75 Å². The maximum atomic E-state index is 12.6. The Hall–Kier alpha value is -2.45. The molecule has 1 N–H and O–H groups in total. The van der Waals surface area contributed by atoms with Crippen LogP contribution in [0.1, 0.15) is 49.9 Å². The molecule has 8 nitrogen and oxygen atoms in total. The summed E-state index contributed by atoms with van der Waals surface area (Å²) in [6, 6.07) is 8.18. The van der Waals surface area contributed by atoms with Crippen molar-refractivity contribution in [3.05, 3.63) is 41.5 Å². The molecule has 2 aromatic rings. The van der Waals surface area contributed by atoms with Crippen LogP contribution >= 0.6 is 0 Å². The average molecular weight is 428 g/mol. The normalized spacial score (nSPS) is 18.8. The number of ether oxygens (including phenoxy) is 2. The number of aromatic nitrogens is 3. The van der Waals surface area contributed by atoms with Crippen molar-refractivity contribution >= 4 is 5.91 Å². The van der Waals surface area contributed by atoms with Gasteiger partial charge >= 0.3 is 0 Å². The molecule has 0 saturated carbocycles. The summed E-state index contributed by atoms with van der Waals surface area (Å²) < 4.78 is 13.1. The fourth-order valence-electron chi connectivity index (χ4n) is 4.34. The van der Waals surface area contributed by atoms with Crippen molar-refractivity contribution in [2.45, 2.75) is 52.2 Å². The van der Waals surface area contributed by atoms with Crippen LogP contribution in [0.15, 0.2) is 24.3 Å². The van der Waals surface area contributed by atoms with E-state index in [1.807, 2.05) is 26.0 Å². The first-order valence-corrected chi connectivity index (χ1v) is 11.4. The van der Waals surface area contributed by atoms with Gasteiger partial charge in [-0.3, -0.25) is 9.69 Å². The van der Waals surface area contributed by atoms with Gasteiger partial charge in [0.15, 0.2) is 5.82 Å². The number of hydrogen-bond donors (Lipinski definition) is 1. The van der Waals surface area contributed by atoms with Crippen molar-refractivity contribution in [3.8, 4) is 5.75 Å². The molecule has 0 spiro atoms. The van der Waals surface area contributed by atoms with Crippen molar-refractivity contribution in [2.24, 2.45) is 5.92 Å². The second-order valence-electron chi connectivity index (χ2n) is 8.35. The molecule has 0 aliphatic carbocycles. The third kappa shape index (κ3) is 5.43. The van der Waals surface area contributed by atoms with Gasteiger partial charge in [0.2, 0.25) is 5.91 Å². The van der Waals surface area contributed by atoms with E-state index in [2.05, 4.69) is 37.1 Å². The third-order valence-electron chi connectivity index (χ3n) is 6.13. The number of carbonyl (C=O) groups is 1. The van der Waals surface area contributed by atoms with E-state index in [1.165, 1.54) is 5.56 Å². The lowest BCUT2D eigenvalue weighted by atomic mass is 9.99. The highest BCUT2D eigenvalue weighted by Crippen LogP contribution is 2.20. The minimum Gasteiger partial charge on any atom is -0.494 e. The first kappa shape index (κ1) is 21.8. The van der Waals surface area contributed by atoms with Crippen LogP contribution in [0.3, 0.4) is 0 Å². The fraction of sp³-hybridized carbons (Fsp3) is 0.609. The lowest BCUT2D eigenvalue weighted by molar-refractivity contribution is -0.128. The van der Waals surface area contributed by atoms with E-state index in [1.54, 1.807) is 0 Å². The largest absolute Gasteiger partial charge is 0.494 e. The van der Waals surface area contributed by atoms with Crippen molar-refractivity contribution in [2.75, 3.05) is 32.9 Å². The fourth-order valence-corrected chi connectivity index (χ4v) is 4.34. The summed E-state index contributed by atoms with van der Waals surface area (Å²) in [6.07, 6.45) is 2.43. The van der Waals surface area contributed by atoms with Crippen LogP contribution in [-0.2, 0) is 29.0 Å². The van der Waals surface area contributed by atoms with Crippen molar-refractivity contribution in [1.29, 1.82) is 0 Å². The number of hydrogen-bond acceptors (Lipinski definition) is 6. The zero-order valence-electron chi connectivity index (χ0n) is 18.5. The highest BCUT2D eigenvalue weighted by Gasteiger charge is 2.26. The van der Waals surface area contributed by atoms with Crippen molar-refractivity contribution in [3.63, 3.8) is 0 Å². The molecule has 4 rings (SSSR count). The van der Waals surface area contributed by atoms with Crippen LogP contribution in [-0.4, -0.2) is 58.5 Å². The zero-order valence-corrected chi connectivity index (χ0v) is 18.5. The summed E-state index contributed by atoms with van der Waals surface area (Å²) >= 11 is 0. The number of rotatable bonds is 7. The van der Waals surface area contributed by atoms with Gasteiger partial charge in [-0.05, 0) is 44.4 Å².